The Hall–Kier alpha value is -4.79. The van der Waals surface area contributed by atoms with Crippen molar-refractivity contribution >= 4 is 23.2 Å². The number of rotatable bonds is 13. The maximum absolute atomic E-state index is 12.6. The summed E-state index contributed by atoms with van der Waals surface area (Å²) in [6, 6.07) is 8.16. The lowest BCUT2D eigenvalue weighted by molar-refractivity contribution is 0.104. The van der Waals surface area contributed by atoms with Crippen molar-refractivity contribution in [2.75, 3.05) is 46.6 Å². The van der Waals surface area contributed by atoms with E-state index in [1.54, 1.807) is 48.6 Å². The number of phenols is 1. The number of ether oxygens (including phenoxy) is 5. The topological polar surface area (TPSA) is 122 Å². The van der Waals surface area contributed by atoms with Gasteiger partial charge >= 0.3 is 0 Å². The molecule has 0 aliphatic carbocycles. The van der Waals surface area contributed by atoms with Crippen LogP contribution in [-0.4, -0.2) is 46.4 Å². The predicted molar refractivity (Wildman–Crippen MR) is 145 cm³/mol. The van der Waals surface area contributed by atoms with Crippen molar-refractivity contribution in [1.82, 2.24) is 0 Å². The Labute approximate surface area is 216 Å². The smallest absolute Gasteiger partial charge is 0.202 e. The SMILES string of the molecule is C=C(OC)\C(OC)=C(/C=C/C=C\c1ccc(OC)c(O)c1N/C=C\C(=O)c1ccc(OC)c(N)c1)OC. The van der Waals surface area contributed by atoms with Gasteiger partial charge in [0.15, 0.2) is 28.8 Å². The third kappa shape index (κ3) is 7.35. The van der Waals surface area contributed by atoms with Crippen LogP contribution in [0.5, 0.6) is 17.2 Å². The summed E-state index contributed by atoms with van der Waals surface area (Å²) >= 11 is 0. The second kappa shape index (κ2) is 13.9. The van der Waals surface area contributed by atoms with Crippen LogP contribution in [0.4, 0.5) is 11.4 Å². The number of nitrogens with two attached hydrogens (primary N) is 1. The van der Waals surface area contributed by atoms with Crippen molar-refractivity contribution in [3.8, 4) is 17.2 Å². The highest BCUT2D eigenvalue weighted by atomic mass is 16.5. The number of carbonyl (C=O) groups is 1. The van der Waals surface area contributed by atoms with Crippen LogP contribution in [0.1, 0.15) is 15.9 Å². The van der Waals surface area contributed by atoms with E-state index in [0.29, 0.717) is 45.5 Å². The van der Waals surface area contributed by atoms with Crippen molar-refractivity contribution in [3.63, 3.8) is 0 Å². The fraction of sp³-hybridized carbons (Fsp3) is 0.179. The monoisotopic (exact) mass is 508 g/mol. The van der Waals surface area contributed by atoms with E-state index in [0.717, 1.165) is 0 Å². The molecule has 0 radical (unpaired) electrons. The van der Waals surface area contributed by atoms with Crippen LogP contribution < -0.4 is 20.5 Å². The van der Waals surface area contributed by atoms with E-state index >= 15 is 0 Å². The van der Waals surface area contributed by atoms with Gasteiger partial charge in [0.1, 0.15) is 5.75 Å². The minimum Gasteiger partial charge on any atom is -0.503 e. The lowest BCUT2D eigenvalue weighted by Crippen LogP contribution is -2.00. The standard InChI is InChI=1S/C28H32N2O7/c1-18(33-2)28(37-6)25(36-5)10-8-7-9-19-11-14-24(35-4)27(32)26(19)30-16-15-22(31)20-12-13-23(34-3)21(29)17-20/h7-17,30,32H,1,29H2,2-6H3/b9-7-,10-8+,16-15-,28-25-. The highest BCUT2D eigenvalue weighted by Gasteiger charge is 2.12. The van der Waals surface area contributed by atoms with E-state index in [-0.39, 0.29) is 17.3 Å². The molecule has 0 bridgehead atoms. The summed E-state index contributed by atoms with van der Waals surface area (Å²) in [6.07, 6.45) is 9.65. The molecule has 196 valence electrons. The Morgan fingerprint density at radius 3 is 2.24 bits per heavy atom. The fourth-order valence-corrected chi connectivity index (χ4v) is 3.21. The van der Waals surface area contributed by atoms with E-state index in [2.05, 4.69) is 11.9 Å². The molecular formula is C28H32N2O7. The minimum atomic E-state index is -0.283. The molecule has 0 aliphatic heterocycles. The molecule has 0 saturated carbocycles. The van der Waals surface area contributed by atoms with Crippen molar-refractivity contribution < 1.29 is 33.6 Å². The Balaban J connectivity index is 2.28. The molecule has 0 spiro atoms. The minimum absolute atomic E-state index is 0.116. The quantitative estimate of drug-likeness (QED) is 0.0853. The lowest BCUT2D eigenvalue weighted by atomic mass is 10.1. The molecule has 0 fully saturated rings. The Morgan fingerprint density at radius 2 is 1.65 bits per heavy atom. The summed E-state index contributed by atoms with van der Waals surface area (Å²) in [7, 11) is 7.43. The van der Waals surface area contributed by atoms with Crippen LogP contribution in [0.2, 0.25) is 0 Å². The number of nitrogen functional groups attached to an aromatic ring is 1. The van der Waals surface area contributed by atoms with Crippen molar-refractivity contribution in [2.24, 2.45) is 0 Å². The molecular weight excluding hydrogens is 476 g/mol. The molecule has 2 rings (SSSR count). The largest absolute Gasteiger partial charge is 0.503 e. The number of nitrogens with one attached hydrogen (secondary N) is 1. The summed E-state index contributed by atoms with van der Waals surface area (Å²) in [4.78, 5) is 12.6. The average molecular weight is 509 g/mol. The normalized spacial score (nSPS) is 11.9. The Kier molecular flexibility index (Phi) is 10.7. The summed E-state index contributed by atoms with van der Waals surface area (Å²) in [5.41, 5.74) is 7.61. The molecule has 0 amide bonds. The van der Waals surface area contributed by atoms with Crippen LogP contribution >= 0.6 is 0 Å². The van der Waals surface area contributed by atoms with E-state index in [9.17, 15) is 9.90 Å². The van der Waals surface area contributed by atoms with Crippen LogP contribution in [0.15, 0.2) is 84.7 Å². The van der Waals surface area contributed by atoms with E-state index in [4.69, 9.17) is 29.4 Å². The second-order valence-corrected chi connectivity index (χ2v) is 7.33. The van der Waals surface area contributed by atoms with Gasteiger partial charge in [-0.1, -0.05) is 24.8 Å². The zero-order chi connectivity index (χ0) is 27.4. The number of hydrogen-bond donors (Lipinski definition) is 3. The molecule has 0 unspecified atom stereocenters. The highest BCUT2D eigenvalue weighted by Crippen LogP contribution is 2.37. The molecule has 4 N–H and O–H groups in total. The highest BCUT2D eigenvalue weighted by molar-refractivity contribution is 6.05. The number of phenolic OH excluding ortho intramolecular Hbond substituents is 1. The number of allylic oxidation sites excluding steroid dienone is 4. The van der Waals surface area contributed by atoms with Gasteiger partial charge in [-0.3, -0.25) is 4.79 Å². The van der Waals surface area contributed by atoms with E-state index in [1.807, 2.05) is 0 Å². The molecule has 37 heavy (non-hydrogen) atoms. The van der Waals surface area contributed by atoms with Crippen molar-refractivity contribution in [2.45, 2.75) is 0 Å². The van der Waals surface area contributed by atoms with E-state index < -0.39 is 0 Å². The first-order valence-electron chi connectivity index (χ1n) is 11.0. The van der Waals surface area contributed by atoms with Gasteiger partial charge in [0.25, 0.3) is 0 Å². The van der Waals surface area contributed by atoms with Crippen LogP contribution in [0.25, 0.3) is 6.08 Å². The third-order valence-electron chi connectivity index (χ3n) is 5.15. The van der Waals surface area contributed by atoms with Crippen LogP contribution in [0, 0.1) is 0 Å². The zero-order valence-electron chi connectivity index (χ0n) is 21.5. The first-order chi connectivity index (χ1) is 17.8. The first-order valence-corrected chi connectivity index (χ1v) is 11.0. The summed E-state index contributed by atoms with van der Waals surface area (Å²) in [6.45, 7) is 3.77. The molecule has 0 aliphatic rings. The summed E-state index contributed by atoms with van der Waals surface area (Å²) < 4.78 is 26.1. The molecule has 2 aromatic carbocycles. The number of hydrogen-bond acceptors (Lipinski definition) is 9. The predicted octanol–water partition coefficient (Wildman–Crippen LogP) is 5.03. The fourth-order valence-electron chi connectivity index (χ4n) is 3.21. The molecule has 9 nitrogen and oxygen atoms in total. The number of carbonyl (C=O) groups excluding carboxylic acids is 1. The third-order valence-corrected chi connectivity index (χ3v) is 5.15. The summed E-state index contributed by atoms with van der Waals surface area (Å²) in [5.74, 6) is 1.44. The van der Waals surface area contributed by atoms with Gasteiger partial charge in [-0.25, -0.2) is 0 Å². The molecule has 9 heteroatoms. The molecule has 0 aromatic heterocycles. The van der Waals surface area contributed by atoms with E-state index in [1.165, 1.54) is 53.9 Å². The van der Waals surface area contributed by atoms with Gasteiger partial charge in [0, 0.05) is 23.4 Å². The number of benzene rings is 2. The Bertz CT molecular complexity index is 1240. The van der Waals surface area contributed by atoms with Gasteiger partial charge in [0.05, 0.1) is 46.9 Å². The van der Waals surface area contributed by atoms with Gasteiger partial charge in [-0.15, -0.1) is 0 Å². The number of methoxy groups -OCH3 is 5. The molecule has 0 saturated heterocycles. The first kappa shape index (κ1) is 28.4. The zero-order valence-corrected chi connectivity index (χ0v) is 21.5. The maximum atomic E-state index is 12.6. The van der Waals surface area contributed by atoms with Crippen molar-refractivity contribution in [1.29, 1.82) is 0 Å². The van der Waals surface area contributed by atoms with Crippen LogP contribution in [0.3, 0.4) is 0 Å². The summed E-state index contributed by atoms with van der Waals surface area (Å²) in [5, 5.41) is 13.6. The second-order valence-electron chi connectivity index (χ2n) is 7.33. The maximum Gasteiger partial charge on any atom is 0.202 e. The van der Waals surface area contributed by atoms with Gasteiger partial charge in [-0.2, -0.15) is 0 Å². The molecule has 0 heterocycles. The number of anilines is 2. The number of ketones is 1. The number of aromatic hydroxyl groups is 1. The van der Waals surface area contributed by atoms with Gasteiger partial charge in [-0.05, 0) is 36.4 Å². The van der Waals surface area contributed by atoms with Crippen molar-refractivity contribution in [3.05, 3.63) is 95.8 Å². The molecule has 0 atom stereocenters. The molecule has 2 aromatic rings. The Morgan fingerprint density at radius 1 is 0.946 bits per heavy atom. The average Bonchev–Trinajstić information content (AvgIpc) is 2.91. The van der Waals surface area contributed by atoms with Crippen LogP contribution in [-0.2, 0) is 14.2 Å². The lowest BCUT2D eigenvalue weighted by Gasteiger charge is -2.12. The van der Waals surface area contributed by atoms with Gasteiger partial charge in [0.2, 0.25) is 5.76 Å². The van der Waals surface area contributed by atoms with Gasteiger partial charge < -0.3 is 39.8 Å².